The summed E-state index contributed by atoms with van der Waals surface area (Å²) in [5, 5.41) is 8.87. The molecule has 0 aliphatic rings. The fourth-order valence-corrected chi connectivity index (χ4v) is 2.69. The van der Waals surface area contributed by atoms with E-state index in [9.17, 15) is 4.79 Å². The first-order chi connectivity index (χ1) is 10.5. The van der Waals surface area contributed by atoms with Crippen molar-refractivity contribution in [3.8, 4) is 11.1 Å². The highest BCUT2D eigenvalue weighted by Crippen LogP contribution is 2.25. The Kier molecular flexibility index (Phi) is 5.37. The average molecular weight is 296 g/mol. The summed E-state index contributed by atoms with van der Waals surface area (Å²) in [5.41, 5.74) is 4.81. The number of carboxylic acid groups (broad SMARTS) is 1. The Labute approximate surface area is 132 Å². The van der Waals surface area contributed by atoms with Gasteiger partial charge in [0.2, 0.25) is 0 Å². The van der Waals surface area contributed by atoms with Crippen molar-refractivity contribution < 1.29 is 9.90 Å². The van der Waals surface area contributed by atoms with E-state index in [1.807, 2.05) is 19.1 Å². The molecule has 1 N–H and O–H groups in total. The molecule has 0 bridgehead atoms. The lowest BCUT2D eigenvalue weighted by atomic mass is 9.94. The van der Waals surface area contributed by atoms with Gasteiger partial charge in [-0.3, -0.25) is 4.79 Å². The van der Waals surface area contributed by atoms with Crippen LogP contribution in [0.3, 0.4) is 0 Å². The molecule has 0 aliphatic carbocycles. The quantitative estimate of drug-likeness (QED) is 0.802. The third-order valence-electron chi connectivity index (χ3n) is 3.89. The van der Waals surface area contributed by atoms with E-state index < -0.39 is 5.97 Å². The second-order valence-electron chi connectivity index (χ2n) is 6.42. The second-order valence-corrected chi connectivity index (χ2v) is 6.42. The van der Waals surface area contributed by atoms with Gasteiger partial charge in [0.05, 0.1) is 6.42 Å². The van der Waals surface area contributed by atoms with Gasteiger partial charge < -0.3 is 5.11 Å². The van der Waals surface area contributed by atoms with Crippen molar-refractivity contribution in [2.75, 3.05) is 0 Å². The fraction of sp³-hybridized carbons (Fsp3) is 0.350. The van der Waals surface area contributed by atoms with Crippen molar-refractivity contribution in [3.63, 3.8) is 0 Å². The maximum atomic E-state index is 10.8. The van der Waals surface area contributed by atoms with Crippen LogP contribution in [0.4, 0.5) is 0 Å². The summed E-state index contributed by atoms with van der Waals surface area (Å²) in [6, 6.07) is 16.9. The van der Waals surface area contributed by atoms with Crippen LogP contribution in [0.15, 0.2) is 48.5 Å². The molecule has 0 radical (unpaired) electrons. The molecule has 22 heavy (non-hydrogen) atoms. The Morgan fingerprint density at radius 1 is 0.909 bits per heavy atom. The van der Waals surface area contributed by atoms with Crippen molar-refractivity contribution in [1.82, 2.24) is 0 Å². The van der Waals surface area contributed by atoms with Gasteiger partial charge in [-0.2, -0.15) is 0 Å². The zero-order chi connectivity index (χ0) is 16.1. The molecule has 0 unspecified atom stereocenters. The number of hydrogen-bond acceptors (Lipinski definition) is 1. The molecular formula is C20H24O2. The lowest BCUT2D eigenvalue weighted by Gasteiger charge is -2.11. The van der Waals surface area contributed by atoms with Gasteiger partial charge in [0, 0.05) is 0 Å². The maximum Gasteiger partial charge on any atom is 0.303 e. The van der Waals surface area contributed by atoms with E-state index in [1.54, 1.807) is 0 Å². The van der Waals surface area contributed by atoms with E-state index in [2.05, 4.69) is 50.2 Å². The molecule has 2 rings (SSSR count). The number of aliphatic carboxylic acids is 1. The van der Waals surface area contributed by atoms with Crippen LogP contribution in [0.25, 0.3) is 11.1 Å². The summed E-state index contributed by atoms with van der Waals surface area (Å²) < 4.78 is 0. The molecule has 2 nitrogen and oxygen atoms in total. The van der Waals surface area contributed by atoms with Gasteiger partial charge in [0.1, 0.15) is 0 Å². The van der Waals surface area contributed by atoms with E-state index in [1.165, 1.54) is 16.7 Å². The first-order valence-electron chi connectivity index (χ1n) is 7.86. The van der Waals surface area contributed by atoms with E-state index in [-0.39, 0.29) is 12.3 Å². The minimum Gasteiger partial charge on any atom is -0.481 e. The maximum absolute atomic E-state index is 10.8. The summed E-state index contributed by atoms with van der Waals surface area (Å²) in [6.07, 6.45) is 1.27. The molecule has 0 heterocycles. The first kappa shape index (κ1) is 16.3. The first-order valence-corrected chi connectivity index (χ1v) is 7.86. The SMILES string of the molecule is CC(C)Cc1ccc(-c2ccc([C@H](C)CC(=O)O)cc2)cc1. The van der Waals surface area contributed by atoms with Crippen molar-refractivity contribution in [3.05, 3.63) is 59.7 Å². The van der Waals surface area contributed by atoms with Crippen LogP contribution in [0, 0.1) is 5.92 Å². The number of carbonyl (C=O) groups is 1. The van der Waals surface area contributed by atoms with Crippen LogP contribution in [0.5, 0.6) is 0 Å². The fourth-order valence-electron chi connectivity index (χ4n) is 2.69. The lowest BCUT2D eigenvalue weighted by molar-refractivity contribution is -0.137. The molecule has 0 saturated heterocycles. The van der Waals surface area contributed by atoms with Gasteiger partial charge in [0.25, 0.3) is 0 Å². The van der Waals surface area contributed by atoms with Gasteiger partial charge in [-0.25, -0.2) is 0 Å². The molecular weight excluding hydrogens is 272 g/mol. The molecule has 0 amide bonds. The highest BCUT2D eigenvalue weighted by molar-refractivity contribution is 5.68. The molecule has 1 atom stereocenters. The van der Waals surface area contributed by atoms with Crippen LogP contribution < -0.4 is 0 Å². The van der Waals surface area contributed by atoms with Gasteiger partial charge >= 0.3 is 5.97 Å². The molecule has 0 aliphatic heterocycles. The van der Waals surface area contributed by atoms with Gasteiger partial charge in [-0.15, -0.1) is 0 Å². The summed E-state index contributed by atoms with van der Waals surface area (Å²) in [6.45, 7) is 6.40. The second kappa shape index (κ2) is 7.26. The summed E-state index contributed by atoms with van der Waals surface area (Å²) in [5.74, 6) is -0.0434. The van der Waals surface area contributed by atoms with Crippen LogP contribution in [0.1, 0.15) is 44.2 Å². The molecule has 2 aromatic carbocycles. The van der Waals surface area contributed by atoms with Crippen molar-refractivity contribution in [2.24, 2.45) is 5.92 Å². The minimum atomic E-state index is -0.752. The molecule has 116 valence electrons. The highest BCUT2D eigenvalue weighted by atomic mass is 16.4. The normalized spacial score (nSPS) is 12.4. The number of carboxylic acids is 1. The van der Waals surface area contributed by atoms with E-state index >= 15 is 0 Å². The Morgan fingerprint density at radius 3 is 1.86 bits per heavy atom. The zero-order valence-electron chi connectivity index (χ0n) is 13.5. The molecule has 0 fully saturated rings. The zero-order valence-corrected chi connectivity index (χ0v) is 13.5. The highest BCUT2D eigenvalue weighted by Gasteiger charge is 2.10. The van der Waals surface area contributed by atoms with Gasteiger partial charge in [-0.1, -0.05) is 69.3 Å². The van der Waals surface area contributed by atoms with E-state index in [0.29, 0.717) is 5.92 Å². The predicted octanol–water partition coefficient (Wildman–Crippen LogP) is 5.13. The lowest BCUT2D eigenvalue weighted by Crippen LogP contribution is -2.02. The Hall–Kier alpha value is -2.09. The van der Waals surface area contributed by atoms with E-state index in [0.717, 1.165) is 12.0 Å². The van der Waals surface area contributed by atoms with Crippen molar-refractivity contribution in [1.29, 1.82) is 0 Å². The van der Waals surface area contributed by atoms with Crippen molar-refractivity contribution >= 4 is 5.97 Å². The van der Waals surface area contributed by atoms with Crippen molar-refractivity contribution in [2.45, 2.75) is 39.5 Å². The summed E-state index contributed by atoms with van der Waals surface area (Å²) in [4.78, 5) is 10.8. The van der Waals surface area contributed by atoms with Gasteiger partial charge in [-0.05, 0) is 40.5 Å². The van der Waals surface area contributed by atoms with Crippen LogP contribution in [-0.2, 0) is 11.2 Å². The third kappa shape index (κ3) is 4.45. The minimum absolute atomic E-state index is 0.0416. The third-order valence-corrected chi connectivity index (χ3v) is 3.89. The Balaban J connectivity index is 2.11. The van der Waals surface area contributed by atoms with Crippen LogP contribution >= 0.6 is 0 Å². The molecule has 0 saturated carbocycles. The largest absolute Gasteiger partial charge is 0.481 e. The van der Waals surface area contributed by atoms with Crippen LogP contribution in [0.2, 0.25) is 0 Å². The molecule has 2 aromatic rings. The number of benzene rings is 2. The van der Waals surface area contributed by atoms with Gasteiger partial charge in [0.15, 0.2) is 0 Å². The standard InChI is InChI=1S/C20H24O2/c1-14(2)12-16-4-6-18(7-5-16)19-10-8-17(9-11-19)15(3)13-20(21)22/h4-11,14-15H,12-13H2,1-3H3,(H,21,22)/t15-/m1/s1. The predicted molar refractivity (Wildman–Crippen MR) is 91.1 cm³/mol. The monoisotopic (exact) mass is 296 g/mol. The topological polar surface area (TPSA) is 37.3 Å². The Morgan fingerprint density at radius 2 is 1.41 bits per heavy atom. The molecule has 2 heteroatoms. The Bertz CT molecular complexity index is 609. The molecule has 0 aromatic heterocycles. The number of rotatable bonds is 6. The van der Waals surface area contributed by atoms with E-state index in [4.69, 9.17) is 5.11 Å². The summed E-state index contributed by atoms with van der Waals surface area (Å²) >= 11 is 0. The summed E-state index contributed by atoms with van der Waals surface area (Å²) in [7, 11) is 0. The average Bonchev–Trinajstić information content (AvgIpc) is 2.47. The number of hydrogen-bond donors (Lipinski definition) is 1. The smallest absolute Gasteiger partial charge is 0.303 e. The van der Waals surface area contributed by atoms with Crippen LogP contribution in [-0.4, -0.2) is 11.1 Å². The molecule has 0 spiro atoms.